The Balaban J connectivity index is 1.92. The van der Waals surface area contributed by atoms with E-state index < -0.39 is 0 Å². The molecule has 2 rings (SSSR count). The minimum Gasteiger partial charge on any atom is -0.468 e. The van der Waals surface area contributed by atoms with Crippen LogP contribution >= 0.6 is 0 Å². The van der Waals surface area contributed by atoms with Gasteiger partial charge in [-0.1, -0.05) is 6.92 Å². The molecule has 1 aliphatic heterocycles. The van der Waals surface area contributed by atoms with E-state index in [0.29, 0.717) is 13.4 Å². The van der Waals surface area contributed by atoms with Gasteiger partial charge in [0.25, 0.3) is 0 Å². The largest absolute Gasteiger partial charge is 0.468 e. The van der Waals surface area contributed by atoms with E-state index in [1.807, 2.05) is 19.1 Å². The first-order valence-corrected chi connectivity index (χ1v) is 6.54. The fourth-order valence-corrected chi connectivity index (χ4v) is 1.83. The topological polar surface area (TPSA) is 34.2 Å². The zero-order chi connectivity index (χ0) is 12.8. The number of rotatable bonds is 8. The van der Waals surface area contributed by atoms with Gasteiger partial charge >= 0.3 is 0 Å². The smallest absolute Gasteiger partial charge is 0.189 e. The average Bonchev–Trinajstić information content (AvgIpc) is 3.22. The van der Waals surface area contributed by atoms with E-state index in [9.17, 15) is 0 Å². The van der Waals surface area contributed by atoms with Crippen LogP contribution in [0.1, 0.15) is 20.3 Å². The van der Waals surface area contributed by atoms with Crippen molar-refractivity contribution in [1.82, 2.24) is 0 Å². The molecule has 18 heavy (non-hydrogen) atoms. The molecule has 1 atom stereocenters. The van der Waals surface area contributed by atoms with Crippen LogP contribution in [-0.2, 0) is 9.47 Å². The van der Waals surface area contributed by atoms with Gasteiger partial charge in [0.2, 0.25) is 0 Å². The number of hydrogen-bond donors (Lipinski definition) is 0. The molecular weight excluding hydrogens is 230 g/mol. The first-order chi connectivity index (χ1) is 8.85. The standard InChI is InChI=1S/C14H21NO3/c1-3-9-15(14-10-17-14)12-5-7-13(8-6-12)18-11-16-4-2/h5-8,14H,3-4,9-11H2,1-2H3. The van der Waals surface area contributed by atoms with E-state index in [0.717, 1.165) is 25.3 Å². The van der Waals surface area contributed by atoms with Crippen LogP contribution in [0.25, 0.3) is 0 Å². The zero-order valence-electron chi connectivity index (χ0n) is 11.1. The van der Waals surface area contributed by atoms with Crippen molar-refractivity contribution in [3.63, 3.8) is 0 Å². The van der Waals surface area contributed by atoms with Crippen LogP contribution in [-0.4, -0.2) is 32.8 Å². The first-order valence-electron chi connectivity index (χ1n) is 6.54. The van der Waals surface area contributed by atoms with Crippen molar-refractivity contribution in [3.8, 4) is 5.75 Å². The van der Waals surface area contributed by atoms with Crippen LogP contribution in [0, 0.1) is 0 Å². The number of epoxide rings is 1. The Kier molecular flexibility index (Phi) is 4.84. The Morgan fingerprint density at radius 3 is 2.56 bits per heavy atom. The highest BCUT2D eigenvalue weighted by atomic mass is 16.7. The summed E-state index contributed by atoms with van der Waals surface area (Å²) in [7, 11) is 0. The molecular formula is C14H21NO3. The molecule has 1 heterocycles. The van der Waals surface area contributed by atoms with Crippen molar-refractivity contribution in [2.45, 2.75) is 26.5 Å². The van der Waals surface area contributed by atoms with Crippen LogP contribution in [0.4, 0.5) is 5.69 Å². The van der Waals surface area contributed by atoms with Gasteiger partial charge < -0.3 is 19.1 Å². The fourth-order valence-electron chi connectivity index (χ4n) is 1.83. The van der Waals surface area contributed by atoms with Gasteiger partial charge in [-0.15, -0.1) is 0 Å². The fraction of sp³-hybridized carbons (Fsp3) is 0.571. The molecule has 1 fully saturated rings. The molecule has 0 N–H and O–H groups in total. The molecule has 4 nitrogen and oxygen atoms in total. The summed E-state index contributed by atoms with van der Waals surface area (Å²) in [5, 5.41) is 0. The Morgan fingerprint density at radius 2 is 2.00 bits per heavy atom. The molecule has 0 amide bonds. The molecule has 1 aromatic carbocycles. The average molecular weight is 251 g/mol. The molecule has 100 valence electrons. The summed E-state index contributed by atoms with van der Waals surface area (Å²) in [6, 6.07) is 8.08. The Morgan fingerprint density at radius 1 is 1.28 bits per heavy atom. The lowest BCUT2D eigenvalue weighted by Gasteiger charge is -2.22. The predicted molar refractivity (Wildman–Crippen MR) is 70.9 cm³/mol. The summed E-state index contributed by atoms with van der Waals surface area (Å²) in [6.07, 6.45) is 1.38. The number of ether oxygens (including phenoxy) is 3. The van der Waals surface area contributed by atoms with Gasteiger partial charge in [0.1, 0.15) is 5.75 Å². The molecule has 0 saturated carbocycles. The lowest BCUT2D eigenvalue weighted by molar-refractivity contribution is 0.0224. The molecule has 1 aromatic rings. The Bertz CT molecular complexity index is 349. The van der Waals surface area contributed by atoms with Crippen molar-refractivity contribution in [3.05, 3.63) is 24.3 Å². The molecule has 4 heteroatoms. The summed E-state index contributed by atoms with van der Waals surface area (Å²) in [6.45, 7) is 6.95. The molecule has 0 bridgehead atoms. The van der Waals surface area contributed by atoms with Gasteiger partial charge in [-0.25, -0.2) is 0 Å². The van der Waals surface area contributed by atoms with Gasteiger partial charge in [-0.2, -0.15) is 0 Å². The molecule has 0 aliphatic carbocycles. The maximum absolute atomic E-state index is 5.45. The third kappa shape index (κ3) is 3.62. The number of benzene rings is 1. The quantitative estimate of drug-likeness (QED) is 0.404. The van der Waals surface area contributed by atoms with Crippen LogP contribution in [0.5, 0.6) is 5.75 Å². The summed E-state index contributed by atoms with van der Waals surface area (Å²) in [5.74, 6) is 0.834. The second-order valence-electron chi connectivity index (χ2n) is 4.23. The highest BCUT2D eigenvalue weighted by molar-refractivity contribution is 5.50. The normalized spacial score (nSPS) is 17.6. The predicted octanol–water partition coefficient (Wildman–Crippen LogP) is 2.63. The molecule has 0 radical (unpaired) electrons. The van der Waals surface area contributed by atoms with Gasteiger partial charge in [0.15, 0.2) is 13.0 Å². The Labute approximate surface area is 108 Å². The summed E-state index contributed by atoms with van der Waals surface area (Å²) in [4.78, 5) is 2.28. The van der Waals surface area contributed by atoms with E-state index in [4.69, 9.17) is 14.2 Å². The van der Waals surface area contributed by atoms with E-state index in [1.165, 1.54) is 5.69 Å². The minimum absolute atomic E-state index is 0.264. The summed E-state index contributed by atoms with van der Waals surface area (Å²) in [5.41, 5.74) is 1.18. The van der Waals surface area contributed by atoms with E-state index in [1.54, 1.807) is 0 Å². The van der Waals surface area contributed by atoms with E-state index in [-0.39, 0.29) is 6.23 Å². The second-order valence-corrected chi connectivity index (χ2v) is 4.23. The lowest BCUT2D eigenvalue weighted by atomic mass is 10.2. The van der Waals surface area contributed by atoms with E-state index in [2.05, 4.69) is 24.0 Å². The van der Waals surface area contributed by atoms with Crippen LogP contribution < -0.4 is 9.64 Å². The second kappa shape index (κ2) is 6.61. The maximum atomic E-state index is 5.45. The third-order valence-electron chi connectivity index (χ3n) is 2.81. The van der Waals surface area contributed by atoms with Crippen LogP contribution in [0.2, 0.25) is 0 Å². The first kappa shape index (κ1) is 13.2. The summed E-state index contributed by atoms with van der Waals surface area (Å²) < 4.78 is 16.0. The monoisotopic (exact) mass is 251 g/mol. The van der Waals surface area contributed by atoms with Crippen LogP contribution in [0.3, 0.4) is 0 Å². The van der Waals surface area contributed by atoms with Gasteiger partial charge in [-0.3, -0.25) is 0 Å². The van der Waals surface area contributed by atoms with Crippen molar-refractivity contribution in [1.29, 1.82) is 0 Å². The highest BCUT2D eigenvalue weighted by Crippen LogP contribution is 2.26. The zero-order valence-corrected chi connectivity index (χ0v) is 11.1. The van der Waals surface area contributed by atoms with Crippen molar-refractivity contribution >= 4 is 5.69 Å². The molecule has 0 spiro atoms. The SMILES string of the molecule is CCCN(c1ccc(OCOCC)cc1)C1CO1. The van der Waals surface area contributed by atoms with Gasteiger partial charge in [-0.05, 0) is 37.6 Å². The van der Waals surface area contributed by atoms with Crippen molar-refractivity contribution in [2.24, 2.45) is 0 Å². The maximum Gasteiger partial charge on any atom is 0.189 e. The Hall–Kier alpha value is -1.26. The van der Waals surface area contributed by atoms with Crippen molar-refractivity contribution < 1.29 is 14.2 Å². The van der Waals surface area contributed by atoms with Crippen LogP contribution in [0.15, 0.2) is 24.3 Å². The summed E-state index contributed by atoms with van der Waals surface area (Å²) >= 11 is 0. The van der Waals surface area contributed by atoms with Gasteiger partial charge in [0, 0.05) is 18.8 Å². The number of anilines is 1. The highest BCUT2D eigenvalue weighted by Gasteiger charge is 2.29. The molecule has 1 saturated heterocycles. The molecule has 1 aliphatic rings. The minimum atomic E-state index is 0.264. The molecule has 0 aromatic heterocycles. The number of nitrogens with zero attached hydrogens (tertiary/aromatic N) is 1. The lowest BCUT2D eigenvalue weighted by Crippen LogP contribution is -2.27. The van der Waals surface area contributed by atoms with E-state index >= 15 is 0 Å². The number of hydrogen-bond acceptors (Lipinski definition) is 4. The van der Waals surface area contributed by atoms with Gasteiger partial charge in [0.05, 0.1) is 6.61 Å². The third-order valence-corrected chi connectivity index (χ3v) is 2.81. The van der Waals surface area contributed by atoms with Crippen molar-refractivity contribution in [2.75, 3.05) is 31.5 Å². The molecule has 1 unspecified atom stereocenters.